The number of halogens is 1. The second kappa shape index (κ2) is 11.8. The molecule has 3 heterocycles. The van der Waals surface area contributed by atoms with Gasteiger partial charge in [-0.05, 0) is 45.7 Å². The van der Waals surface area contributed by atoms with Crippen molar-refractivity contribution in [2.75, 3.05) is 74.2 Å². The molecule has 0 atom stereocenters. The minimum atomic E-state index is -1.22. The zero-order chi connectivity index (χ0) is 29.0. The molecule has 40 heavy (non-hydrogen) atoms. The summed E-state index contributed by atoms with van der Waals surface area (Å²) in [6.45, 7) is 11.9. The molecule has 13 heteroatoms. The molecule has 12 nitrogen and oxygen atoms in total. The van der Waals surface area contributed by atoms with E-state index in [1.54, 1.807) is 32.9 Å². The van der Waals surface area contributed by atoms with Crippen LogP contribution in [0.5, 0.6) is 5.75 Å². The number of anilines is 4. The summed E-state index contributed by atoms with van der Waals surface area (Å²) < 4.78 is 26.8. The topological polar surface area (TPSA) is 140 Å². The van der Waals surface area contributed by atoms with E-state index in [9.17, 15) is 9.18 Å². The molecule has 0 unspecified atom stereocenters. The molecule has 0 spiro atoms. The summed E-state index contributed by atoms with van der Waals surface area (Å²) in [5, 5.41) is 4.26. The normalized spacial score (nSPS) is 14.1. The maximum atomic E-state index is 15.0. The Morgan fingerprint density at radius 3 is 2.55 bits per heavy atom. The Morgan fingerprint density at radius 1 is 1.20 bits per heavy atom. The van der Waals surface area contributed by atoms with Gasteiger partial charge in [0.15, 0.2) is 17.1 Å². The number of hydrogen-bond acceptors (Lipinski definition) is 11. The molecule has 1 fully saturated rings. The first kappa shape index (κ1) is 28.7. The van der Waals surface area contributed by atoms with Crippen molar-refractivity contribution in [1.82, 2.24) is 24.5 Å². The van der Waals surface area contributed by atoms with Crippen LogP contribution in [-0.4, -0.2) is 89.0 Å². The highest BCUT2D eigenvalue weighted by molar-refractivity contribution is 5.79. The van der Waals surface area contributed by atoms with Gasteiger partial charge in [-0.1, -0.05) is 5.92 Å². The van der Waals surface area contributed by atoms with Gasteiger partial charge in [0.25, 0.3) is 0 Å². The number of nitrogen functional groups attached to an aromatic ring is 2. The van der Waals surface area contributed by atoms with E-state index >= 15 is 0 Å². The summed E-state index contributed by atoms with van der Waals surface area (Å²) in [6.07, 6.45) is 0. The van der Waals surface area contributed by atoms with Crippen LogP contribution in [0.4, 0.5) is 27.5 Å². The fraction of sp³-hybridized carbons (Fsp3) is 0.481. The quantitative estimate of drug-likeness (QED) is 0.296. The molecule has 4 rings (SSSR count). The van der Waals surface area contributed by atoms with Gasteiger partial charge in [0, 0.05) is 51.9 Å². The summed E-state index contributed by atoms with van der Waals surface area (Å²) >= 11 is 0. The van der Waals surface area contributed by atoms with Crippen molar-refractivity contribution in [1.29, 1.82) is 0 Å². The molecule has 0 amide bonds. The first-order chi connectivity index (χ1) is 19.1. The van der Waals surface area contributed by atoms with Crippen molar-refractivity contribution in [2.45, 2.75) is 33.3 Å². The molecule has 0 bridgehead atoms. The first-order valence-corrected chi connectivity index (χ1v) is 13.1. The summed E-state index contributed by atoms with van der Waals surface area (Å²) in [7, 11) is 1.29. The smallest absolute Gasteiger partial charge is 0.349 e. The number of fused-ring (bicyclic) bond motifs is 1. The van der Waals surface area contributed by atoms with Crippen molar-refractivity contribution in [3.8, 4) is 17.6 Å². The third-order valence-electron chi connectivity index (χ3n) is 6.81. The molecule has 0 saturated carbocycles. The predicted octanol–water partition coefficient (Wildman–Crippen LogP) is 1.78. The second-order valence-corrected chi connectivity index (χ2v) is 9.88. The lowest BCUT2D eigenvalue weighted by Gasteiger charge is -2.37. The van der Waals surface area contributed by atoms with Crippen molar-refractivity contribution in [2.24, 2.45) is 0 Å². The van der Waals surface area contributed by atoms with Crippen LogP contribution >= 0.6 is 0 Å². The monoisotopic (exact) mass is 553 g/mol. The Balaban J connectivity index is 1.37. The number of carbonyl (C=O) groups excluding carboxylic acids is 1. The number of hydrogen-bond donors (Lipinski definition) is 2. The maximum absolute atomic E-state index is 15.0. The average Bonchev–Trinajstić information content (AvgIpc) is 3.36. The molecule has 1 saturated heterocycles. The minimum absolute atomic E-state index is 0.190. The lowest BCUT2D eigenvalue weighted by molar-refractivity contribution is -0.156. The minimum Gasteiger partial charge on any atom is -0.476 e. The summed E-state index contributed by atoms with van der Waals surface area (Å²) in [4.78, 5) is 27.2. The second-order valence-electron chi connectivity index (χ2n) is 9.88. The summed E-state index contributed by atoms with van der Waals surface area (Å²) in [5.74, 6) is 6.01. The van der Waals surface area contributed by atoms with Crippen LogP contribution in [0.2, 0.25) is 0 Å². The van der Waals surface area contributed by atoms with Gasteiger partial charge in [-0.15, -0.1) is 5.10 Å². The molecule has 0 radical (unpaired) electrons. The number of ether oxygens (including phenoxy) is 2. The fourth-order valence-corrected chi connectivity index (χ4v) is 4.65. The van der Waals surface area contributed by atoms with Crippen molar-refractivity contribution >= 4 is 34.8 Å². The number of carbonyl (C=O) groups is 1. The Labute approximate surface area is 233 Å². The van der Waals surface area contributed by atoms with Crippen LogP contribution in [-0.2, 0) is 9.53 Å². The van der Waals surface area contributed by atoms with Crippen LogP contribution in [0.3, 0.4) is 0 Å². The van der Waals surface area contributed by atoms with Crippen LogP contribution in [0.25, 0.3) is 5.65 Å². The van der Waals surface area contributed by atoms with Gasteiger partial charge in [0.1, 0.15) is 17.3 Å². The number of nitrogens with zero attached hydrogens (tertiary/aromatic N) is 7. The van der Waals surface area contributed by atoms with Gasteiger partial charge in [0.05, 0.1) is 12.8 Å². The molecule has 0 aliphatic carbocycles. The van der Waals surface area contributed by atoms with Crippen LogP contribution in [0, 0.1) is 17.7 Å². The highest BCUT2D eigenvalue weighted by atomic mass is 19.1. The van der Waals surface area contributed by atoms with E-state index in [0.717, 1.165) is 19.6 Å². The number of esters is 1. The van der Waals surface area contributed by atoms with Gasteiger partial charge in [0.2, 0.25) is 11.8 Å². The number of likely N-dealkylation sites (N-methyl/N-ethyl adjacent to an activating group) is 1. The van der Waals surface area contributed by atoms with Crippen molar-refractivity contribution in [3.05, 3.63) is 29.8 Å². The number of aromatic nitrogens is 4. The maximum Gasteiger partial charge on any atom is 0.349 e. The molecule has 1 aliphatic rings. The predicted molar refractivity (Wildman–Crippen MR) is 152 cm³/mol. The molecular formula is C27H36FN9O3. The van der Waals surface area contributed by atoms with Gasteiger partial charge >= 0.3 is 5.97 Å². The molecule has 4 N–H and O–H groups in total. The van der Waals surface area contributed by atoms with Crippen LogP contribution < -0.4 is 26.0 Å². The summed E-state index contributed by atoms with van der Waals surface area (Å²) in [6, 6.07) is 4.66. The molecule has 1 aromatic carbocycles. The average molecular weight is 554 g/mol. The molecule has 2 aromatic heterocycles. The number of nitrogens with two attached hydrogens (primary N) is 2. The van der Waals surface area contributed by atoms with E-state index in [0.29, 0.717) is 54.8 Å². The van der Waals surface area contributed by atoms with E-state index in [-0.39, 0.29) is 11.7 Å². The summed E-state index contributed by atoms with van der Waals surface area (Å²) in [5.41, 5.74) is 12.7. The Morgan fingerprint density at radius 2 is 1.93 bits per heavy atom. The van der Waals surface area contributed by atoms with Gasteiger partial charge < -0.3 is 30.7 Å². The van der Waals surface area contributed by atoms with Gasteiger partial charge in [-0.3, -0.25) is 4.90 Å². The lowest BCUT2D eigenvalue weighted by atomic mass is 10.1. The largest absolute Gasteiger partial charge is 0.476 e. The van der Waals surface area contributed by atoms with Crippen molar-refractivity contribution < 1.29 is 18.7 Å². The highest BCUT2D eigenvalue weighted by Crippen LogP contribution is 2.29. The number of rotatable bonds is 9. The zero-order valence-electron chi connectivity index (χ0n) is 23.6. The van der Waals surface area contributed by atoms with E-state index in [1.165, 1.54) is 17.7 Å². The number of piperazine rings is 1. The third kappa shape index (κ3) is 5.96. The van der Waals surface area contributed by atoms with E-state index < -0.39 is 17.4 Å². The lowest BCUT2D eigenvalue weighted by Crippen LogP contribution is -2.49. The molecule has 3 aromatic rings. The zero-order valence-corrected chi connectivity index (χ0v) is 23.6. The number of methoxy groups -OCH3 is 1. The standard InChI is InChI=1S/C27H36FN9O3/c1-6-8-21-31-24-22(29)23(32-26(30)37(24)33-21)35(7-2)14-11-34-12-15-36(16-13-34)20-10-9-18(17-19(20)28)40-27(3,4)25(38)39-5/h9-10,17H,7,11-16,29H2,1-5H3,(H2,30,32). The van der Waals surface area contributed by atoms with E-state index in [2.05, 4.69) is 36.7 Å². The molecular weight excluding hydrogens is 517 g/mol. The highest BCUT2D eigenvalue weighted by Gasteiger charge is 2.31. The van der Waals surface area contributed by atoms with Gasteiger partial charge in [-0.2, -0.15) is 14.5 Å². The molecule has 214 valence electrons. The fourth-order valence-electron chi connectivity index (χ4n) is 4.65. The molecule has 1 aliphatic heterocycles. The van der Waals surface area contributed by atoms with Crippen LogP contribution in [0.15, 0.2) is 18.2 Å². The first-order valence-electron chi connectivity index (χ1n) is 13.1. The third-order valence-corrected chi connectivity index (χ3v) is 6.81. The Kier molecular flexibility index (Phi) is 8.49. The SMILES string of the molecule is CC#Cc1nc2c(N)c(N(CC)CCN3CCN(c4ccc(OC(C)(C)C(=O)OC)cc4F)CC3)nc(N)n2n1. The Hall–Kier alpha value is -4.31. The van der Waals surface area contributed by atoms with Crippen LogP contribution in [0.1, 0.15) is 33.5 Å². The number of benzene rings is 1. The van der Waals surface area contributed by atoms with Crippen molar-refractivity contribution in [3.63, 3.8) is 0 Å². The van der Waals surface area contributed by atoms with E-state index in [4.69, 9.17) is 20.9 Å². The van der Waals surface area contributed by atoms with E-state index in [1.807, 2.05) is 11.8 Å². The Bertz CT molecular complexity index is 1440. The van der Waals surface area contributed by atoms with Gasteiger partial charge in [-0.25, -0.2) is 9.18 Å².